The summed E-state index contributed by atoms with van der Waals surface area (Å²) in [5, 5.41) is 21.3. The lowest BCUT2D eigenvalue weighted by Crippen LogP contribution is -2.53. The van der Waals surface area contributed by atoms with Gasteiger partial charge in [-0.3, -0.25) is 4.79 Å². The van der Waals surface area contributed by atoms with Crippen LogP contribution in [-0.4, -0.2) is 47.9 Å². The van der Waals surface area contributed by atoms with Crippen LogP contribution in [0, 0.1) is 17.5 Å². The molecule has 1 aromatic heterocycles. The van der Waals surface area contributed by atoms with Crippen molar-refractivity contribution in [1.29, 1.82) is 0 Å². The van der Waals surface area contributed by atoms with Gasteiger partial charge in [0.1, 0.15) is 10.6 Å². The van der Waals surface area contributed by atoms with Gasteiger partial charge in [-0.05, 0) is 12.8 Å². The topological polar surface area (TPSA) is 121 Å². The van der Waals surface area contributed by atoms with Crippen LogP contribution in [0.1, 0.15) is 22.5 Å². The van der Waals surface area contributed by atoms with E-state index >= 15 is 0 Å². The molecule has 0 spiro atoms. The minimum atomic E-state index is -4.18. The fourth-order valence-corrected chi connectivity index (χ4v) is 5.00. The van der Waals surface area contributed by atoms with E-state index in [1.54, 1.807) is 0 Å². The van der Waals surface area contributed by atoms with Gasteiger partial charge < -0.3 is 20.1 Å². The van der Waals surface area contributed by atoms with Gasteiger partial charge in [-0.1, -0.05) is 0 Å². The number of aliphatic hydroxyl groups is 2. The molecule has 2 heterocycles. The molecule has 1 amide bonds. The first-order valence-electron chi connectivity index (χ1n) is 8.43. The number of carbonyl (C=O) groups is 1. The number of anilines is 1. The average molecular weight is 433 g/mol. The smallest absolute Gasteiger partial charge is 0.272 e. The molecule has 1 aromatic carbocycles. The zero-order chi connectivity index (χ0) is 21.6. The highest BCUT2D eigenvalue weighted by molar-refractivity contribution is 7.89. The first kappa shape index (κ1) is 21.3. The molecule has 12 heteroatoms. The molecule has 4 N–H and O–H groups in total. The maximum atomic E-state index is 13.4. The van der Waals surface area contributed by atoms with Gasteiger partial charge in [0.05, 0.1) is 18.8 Å². The van der Waals surface area contributed by atoms with Gasteiger partial charge in [-0.2, -0.15) is 0 Å². The van der Waals surface area contributed by atoms with Crippen LogP contribution in [0.3, 0.4) is 0 Å². The Morgan fingerprint density at radius 3 is 2.38 bits per heavy atom. The molecule has 0 bridgehead atoms. The molecular formula is C17H18F3N3O5S. The van der Waals surface area contributed by atoms with E-state index in [4.69, 9.17) is 0 Å². The van der Waals surface area contributed by atoms with E-state index in [2.05, 4.69) is 10.0 Å². The summed E-state index contributed by atoms with van der Waals surface area (Å²) in [7, 11) is -2.76. The van der Waals surface area contributed by atoms with Crippen LogP contribution in [0.5, 0.6) is 0 Å². The summed E-state index contributed by atoms with van der Waals surface area (Å²) in [5.74, 6) is -5.53. The molecule has 29 heavy (non-hydrogen) atoms. The second kappa shape index (κ2) is 7.44. The summed E-state index contributed by atoms with van der Waals surface area (Å²) in [6.07, 6.45) is 1.19. The Labute approximate surface area is 164 Å². The second-order valence-electron chi connectivity index (χ2n) is 6.84. The number of benzene rings is 1. The first-order valence-corrected chi connectivity index (χ1v) is 9.91. The van der Waals surface area contributed by atoms with E-state index in [0.717, 1.165) is 0 Å². The molecule has 0 saturated carbocycles. The third-order valence-corrected chi connectivity index (χ3v) is 6.44. The lowest BCUT2D eigenvalue weighted by atomic mass is 9.94. The minimum Gasteiger partial charge on any atom is -0.394 e. The number of hydrogen-bond donors (Lipinski definition) is 4. The normalized spacial score (nSPS) is 17.4. The van der Waals surface area contributed by atoms with Crippen molar-refractivity contribution >= 4 is 21.6 Å². The van der Waals surface area contributed by atoms with Crippen molar-refractivity contribution in [2.24, 2.45) is 7.05 Å². The van der Waals surface area contributed by atoms with Crippen LogP contribution in [0.15, 0.2) is 23.2 Å². The number of rotatable bonds is 4. The Kier molecular flexibility index (Phi) is 5.47. The monoisotopic (exact) mass is 433 g/mol. The molecule has 0 aliphatic carbocycles. The Hall–Kier alpha value is -2.41. The van der Waals surface area contributed by atoms with Gasteiger partial charge in [0.25, 0.3) is 5.91 Å². The van der Waals surface area contributed by atoms with Crippen molar-refractivity contribution in [3.63, 3.8) is 0 Å². The molecule has 0 saturated heterocycles. The van der Waals surface area contributed by atoms with Crippen molar-refractivity contribution in [2.75, 3.05) is 18.5 Å². The standard InChI is InChI=1S/C17H18F3N3O5S/c1-23-6-13-10(2-3-17(7-24,8-25)22-29(13,27)28)15(23)16(26)21-9-4-11(18)14(20)12(19)5-9/h4-6,22,24-25H,2-3,7-8H2,1H3,(H,21,26). The zero-order valence-electron chi connectivity index (χ0n) is 15.2. The molecule has 1 aliphatic rings. The molecule has 0 radical (unpaired) electrons. The number of fused-ring (bicyclic) bond motifs is 1. The van der Waals surface area contributed by atoms with E-state index in [0.29, 0.717) is 12.1 Å². The van der Waals surface area contributed by atoms with Gasteiger partial charge in [-0.25, -0.2) is 26.3 Å². The Bertz CT molecular complexity index is 1060. The van der Waals surface area contributed by atoms with Crippen LogP contribution < -0.4 is 10.0 Å². The maximum absolute atomic E-state index is 13.4. The summed E-state index contributed by atoms with van der Waals surface area (Å²) in [4.78, 5) is 12.5. The van der Waals surface area contributed by atoms with E-state index in [1.165, 1.54) is 17.8 Å². The van der Waals surface area contributed by atoms with Gasteiger partial charge in [-0.15, -0.1) is 0 Å². The SMILES string of the molecule is Cn1cc2c(c1C(=O)Nc1cc(F)c(F)c(F)c1)CCC(CO)(CO)NS2(=O)=O. The number of nitrogens with zero attached hydrogens (tertiary/aromatic N) is 1. The van der Waals surface area contributed by atoms with Gasteiger partial charge in [0, 0.05) is 36.6 Å². The molecular weight excluding hydrogens is 415 g/mol. The highest BCUT2D eigenvalue weighted by Gasteiger charge is 2.40. The fourth-order valence-electron chi connectivity index (χ4n) is 3.26. The van der Waals surface area contributed by atoms with Crippen LogP contribution in [0.2, 0.25) is 0 Å². The molecule has 0 fully saturated rings. The highest BCUT2D eigenvalue weighted by atomic mass is 32.2. The predicted octanol–water partition coefficient (Wildman–Crippen LogP) is 0.643. The number of halogens is 3. The number of sulfonamides is 1. The summed E-state index contributed by atoms with van der Waals surface area (Å²) >= 11 is 0. The number of nitrogens with one attached hydrogen (secondary N) is 2. The van der Waals surface area contributed by atoms with Crippen LogP contribution in [-0.2, 0) is 23.5 Å². The van der Waals surface area contributed by atoms with Crippen molar-refractivity contribution < 1.29 is 36.6 Å². The van der Waals surface area contributed by atoms with Gasteiger partial charge in [0.2, 0.25) is 10.0 Å². The zero-order valence-corrected chi connectivity index (χ0v) is 16.0. The minimum absolute atomic E-state index is 0.00364. The van der Waals surface area contributed by atoms with Gasteiger partial charge in [0.15, 0.2) is 17.5 Å². The Balaban J connectivity index is 2.02. The summed E-state index contributed by atoms with van der Waals surface area (Å²) in [6, 6.07) is 1.19. The maximum Gasteiger partial charge on any atom is 0.272 e. The quantitative estimate of drug-likeness (QED) is 0.528. The van der Waals surface area contributed by atoms with Gasteiger partial charge >= 0.3 is 0 Å². The lowest BCUT2D eigenvalue weighted by molar-refractivity contribution is 0.101. The largest absolute Gasteiger partial charge is 0.394 e. The second-order valence-corrected chi connectivity index (χ2v) is 8.49. The third kappa shape index (κ3) is 3.75. The Morgan fingerprint density at radius 2 is 1.83 bits per heavy atom. The number of aryl methyl sites for hydroxylation is 1. The van der Waals surface area contributed by atoms with E-state index in [1.807, 2.05) is 0 Å². The highest BCUT2D eigenvalue weighted by Crippen LogP contribution is 2.31. The van der Waals surface area contributed by atoms with Crippen LogP contribution in [0.25, 0.3) is 0 Å². The van der Waals surface area contributed by atoms with Crippen LogP contribution in [0.4, 0.5) is 18.9 Å². The number of carbonyl (C=O) groups excluding carboxylic acids is 1. The van der Waals surface area contributed by atoms with E-state index < -0.39 is 52.1 Å². The number of aliphatic hydroxyl groups excluding tert-OH is 2. The molecule has 3 rings (SSSR count). The number of hydrogen-bond acceptors (Lipinski definition) is 5. The van der Waals surface area contributed by atoms with E-state index in [9.17, 15) is 36.6 Å². The summed E-state index contributed by atoms with van der Waals surface area (Å²) in [6.45, 7) is -1.32. The summed E-state index contributed by atoms with van der Waals surface area (Å²) in [5.41, 5.74) is -1.83. The molecule has 0 atom stereocenters. The molecule has 8 nitrogen and oxygen atoms in total. The van der Waals surface area contributed by atoms with Crippen molar-refractivity contribution in [1.82, 2.24) is 9.29 Å². The van der Waals surface area contributed by atoms with E-state index in [-0.39, 0.29) is 34.7 Å². The molecule has 0 unspecified atom stereocenters. The van der Waals surface area contributed by atoms with Crippen LogP contribution >= 0.6 is 0 Å². The third-order valence-electron chi connectivity index (χ3n) is 4.80. The fraction of sp³-hybridized carbons (Fsp3) is 0.353. The number of amides is 1. The molecule has 2 aromatic rings. The van der Waals surface area contributed by atoms with Crippen molar-refractivity contribution in [2.45, 2.75) is 23.3 Å². The molecule has 1 aliphatic heterocycles. The summed E-state index contributed by atoms with van der Waals surface area (Å²) < 4.78 is 68.8. The number of aromatic nitrogens is 1. The Morgan fingerprint density at radius 1 is 1.24 bits per heavy atom. The van der Waals surface area contributed by atoms with Crippen molar-refractivity contribution in [3.8, 4) is 0 Å². The molecule has 158 valence electrons. The van der Waals surface area contributed by atoms with Crippen molar-refractivity contribution in [3.05, 3.63) is 47.0 Å². The lowest BCUT2D eigenvalue weighted by Gasteiger charge is -2.28. The predicted molar refractivity (Wildman–Crippen MR) is 95.2 cm³/mol. The first-order chi connectivity index (χ1) is 13.5. The average Bonchev–Trinajstić information content (AvgIpc) is 2.95.